The Labute approximate surface area is 127 Å². The van der Waals surface area contributed by atoms with Crippen LogP contribution >= 0.6 is 0 Å². The van der Waals surface area contributed by atoms with Crippen LogP contribution in [0, 0.1) is 0 Å². The average molecular weight is 289 g/mol. The molecule has 1 aromatic carbocycles. The van der Waals surface area contributed by atoms with Crippen molar-refractivity contribution in [2.75, 3.05) is 32.0 Å². The molecule has 2 rings (SSSR count). The summed E-state index contributed by atoms with van der Waals surface area (Å²) in [6.07, 6.45) is 4.60. The Balaban J connectivity index is 1.81. The van der Waals surface area contributed by atoms with Crippen molar-refractivity contribution >= 4 is 11.6 Å². The van der Waals surface area contributed by atoms with Gasteiger partial charge in [0.25, 0.3) is 0 Å². The molecule has 0 spiro atoms. The lowest BCUT2D eigenvalue weighted by Crippen LogP contribution is -2.46. The van der Waals surface area contributed by atoms with Crippen molar-refractivity contribution in [3.63, 3.8) is 0 Å². The molecule has 1 unspecified atom stereocenters. The molecule has 0 saturated carbocycles. The molecule has 1 heterocycles. The lowest BCUT2D eigenvalue weighted by atomic mass is 10.1. The molecule has 1 aliphatic rings. The summed E-state index contributed by atoms with van der Waals surface area (Å²) < 4.78 is 0. The topological polar surface area (TPSA) is 44.4 Å². The predicted octanol–water partition coefficient (Wildman–Crippen LogP) is 2.26. The number of nitrogens with zero attached hydrogens (tertiary/aromatic N) is 1. The van der Waals surface area contributed by atoms with E-state index in [0.29, 0.717) is 12.6 Å². The number of hydrogen-bond acceptors (Lipinski definition) is 3. The number of anilines is 1. The van der Waals surface area contributed by atoms with Gasteiger partial charge in [-0.2, -0.15) is 0 Å². The Morgan fingerprint density at radius 1 is 1.33 bits per heavy atom. The number of likely N-dealkylation sites (N-methyl/N-ethyl adjacent to an activating group) is 1. The number of likely N-dealkylation sites (tertiary alicyclic amines) is 1. The van der Waals surface area contributed by atoms with Crippen LogP contribution in [0.2, 0.25) is 0 Å². The van der Waals surface area contributed by atoms with E-state index in [0.717, 1.165) is 38.0 Å². The van der Waals surface area contributed by atoms with E-state index >= 15 is 0 Å². The molecule has 2 N–H and O–H groups in total. The van der Waals surface area contributed by atoms with Gasteiger partial charge in [-0.15, -0.1) is 0 Å². The maximum absolute atomic E-state index is 12.1. The zero-order valence-corrected chi connectivity index (χ0v) is 13.2. The van der Waals surface area contributed by atoms with Gasteiger partial charge in [0.1, 0.15) is 0 Å². The van der Waals surface area contributed by atoms with Crippen molar-refractivity contribution in [3.8, 4) is 0 Å². The third-order valence-corrected chi connectivity index (χ3v) is 4.06. The number of rotatable bonds is 6. The van der Waals surface area contributed by atoms with E-state index in [9.17, 15) is 4.79 Å². The molecule has 1 aromatic rings. The van der Waals surface area contributed by atoms with Crippen LogP contribution < -0.4 is 10.6 Å². The van der Waals surface area contributed by atoms with Gasteiger partial charge in [0, 0.05) is 18.3 Å². The summed E-state index contributed by atoms with van der Waals surface area (Å²) in [5.41, 5.74) is 2.21. The first-order chi connectivity index (χ1) is 10.2. The third-order valence-electron chi connectivity index (χ3n) is 4.06. The Kier molecular flexibility index (Phi) is 6.21. The van der Waals surface area contributed by atoms with Crippen molar-refractivity contribution in [2.24, 2.45) is 0 Å². The Morgan fingerprint density at radius 3 is 2.76 bits per heavy atom. The number of aryl methyl sites for hydroxylation is 1. The van der Waals surface area contributed by atoms with Crippen LogP contribution in [-0.2, 0) is 11.2 Å². The first kappa shape index (κ1) is 16.0. The second-order valence-corrected chi connectivity index (χ2v) is 5.86. The second-order valence-electron chi connectivity index (χ2n) is 5.86. The van der Waals surface area contributed by atoms with E-state index in [1.807, 2.05) is 19.2 Å². The Morgan fingerprint density at radius 2 is 2.10 bits per heavy atom. The minimum absolute atomic E-state index is 0.0787. The molecule has 4 heteroatoms. The summed E-state index contributed by atoms with van der Waals surface area (Å²) in [5, 5.41) is 6.29. The van der Waals surface area contributed by atoms with E-state index in [1.54, 1.807) is 0 Å². The second kappa shape index (κ2) is 8.15. The van der Waals surface area contributed by atoms with Crippen LogP contribution in [0.15, 0.2) is 24.3 Å². The Hall–Kier alpha value is -1.39. The van der Waals surface area contributed by atoms with Crippen molar-refractivity contribution < 1.29 is 4.79 Å². The van der Waals surface area contributed by atoms with Crippen LogP contribution in [0.1, 0.15) is 31.7 Å². The molecule has 1 atom stereocenters. The van der Waals surface area contributed by atoms with Crippen LogP contribution in [-0.4, -0.2) is 43.5 Å². The molecule has 0 aliphatic carbocycles. The largest absolute Gasteiger partial charge is 0.325 e. The van der Waals surface area contributed by atoms with Crippen molar-refractivity contribution in [1.29, 1.82) is 0 Å². The van der Waals surface area contributed by atoms with Gasteiger partial charge in [-0.05, 0) is 50.6 Å². The number of carbonyl (C=O) groups is 1. The van der Waals surface area contributed by atoms with Gasteiger partial charge >= 0.3 is 0 Å². The number of benzene rings is 1. The van der Waals surface area contributed by atoms with E-state index in [2.05, 4.69) is 34.6 Å². The van der Waals surface area contributed by atoms with E-state index in [-0.39, 0.29) is 5.91 Å². The van der Waals surface area contributed by atoms with Crippen molar-refractivity contribution in [2.45, 2.75) is 38.6 Å². The van der Waals surface area contributed by atoms with E-state index in [1.165, 1.54) is 12.0 Å². The highest BCUT2D eigenvalue weighted by molar-refractivity contribution is 5.92. The van der Waals surface area contributed by atoms with Gasteiger partial charge in [-0.3, -0.25) is 9.69 Å². The summed E-state index contributed by atoms with van der Waals surface area (Å²) in [7, 11) is 1.99. The predicted molar refractivity (Wildman–Crippen MR) is 87.6 cm³/mol. The molecular weight excluding hydrogens is 262 g/mol. The Bertz CT molecular complexity index is 444. The first-order valence-corrected chi connectivity index (χ1v) is 7.99. The smallest absolute Gasteiger partial charge is 0.238 e. The molecule has 4 nitrogen and oxygen atoms in total. The van der Waals surface area contributed by atoms with Crippen molar-refractivity contribution in [1.82, 2.24) is 10.2 Å². The van der Waals surface area contributed by atoms with Crippen LogP contribution in [0.25, 0.3) is 0 Å². The standard InChI is InChI=1S/C17H27N3O/c1-3-5-14-7-9-15(10-8-14)19-17(21)13-20-11-4-6-16(12-20)18-2/h7-10,16,18H,3-6,11-13H2,1-2H3,(H,19,21). The first-order valence-electron chi connectivity index (χ1n) is 7.99. The maximum atomic E-state index is 12.1. The number of hydrogen-bond donors (Lipinski definition) is 2. The monoisotopic (exact) mass is 289 g/mol. The summed E-state index contributed by atoms with van der Waals surface area (Å²) >= 11 is 0. The SMILES string of the molecule is CCCc1ccc(NC(=O)CN2CCCC(NC)C2)cc1. The van der Waals surface area contributed by atoms with E-state index < -0.39 is 0 Å². The fourth-order valence-electron chi connectivity index (χ4n) is 2.88. The fourth-order valence-corrected chi connectivity index (χ4v) is 2.88. The molecule has 0 bridgehead atoms. The highest BCUT2D eigenvalue weighted by atomic mass is 16.2. The lowest BCUT2D eigenvalue weighted by Gasteiger charge is -2.31. The van der Waals surface area contributed by atoms with Crippen LogP contribution in [0.3, 0.4) is 0 Å². The van der Waals surface area contributed by atoms with Gasteiger partial charge < -0.3 is 10.6 Å². The summed E-state index contributed by atoms with van der Waals surface area (Å²) in [4.78, 5) is 14.3. The normalized spacial score (nSPS) is 19.4. The lowest BCUT2D eigenvalue weighted by molar-refractivity contribution is -0.117. The quantitative estimate of drug-likeness (QED) is 0.844. The number of piperidine rings is 1. The molecule has 1 fully saturated rings. The molecule has 1 amide bonds. The van der Waals surface area contributed by atoms with Crippen LogP contribution in [0.4, 0.5) is 5.69 Å². The van der Waals surface area contributed by atoms with Gasteiger partial charge in [0.15, 0.2) is 0 Å². The molecular formula is C17H27N3O. The van der Waals surface area contributed by atoms with Crippen molar-refractivity contribution in [3.05, 3.63) is 29.8 Å². The zero-order chi connectivity index (χ0) is 15.1. The maximum Gasteiger partial charge on any atom is 0.238 e. The minimum atomic E-state index is 0.0787. The number of amides is 1. The molecule has 0 aromatic heterocycles. The summed E-state index contributed by atoms with van der Waals surface area (Å²) in [6, 6.07) is 8.69. The van der Waals surface area contributed by atoms with Crippen LogP contribution in [0.5, 0.6) is 0 Å². The molecule has 1 saturated heterocycles. The molecule has 0 radical (unpaired) electrons. The molecule has 1 aliphatic heterocycles. The molecule has 21 heavy (non-hydrogen) atoms. The molecule has 116 valence electrons. The summed E-state index contributed by atoms with van der Waals surface area (Å²) in [5.74, 6) is 0.0787. The zero-order valence-electron chi connectivity index (χ0n) is 13.2. The van der Waals surface area contributed by atoms with Gasteiger partial charge in [-0.25, -0.2) is 0 Å². The van der Waals surface area contributed by atoms with Gasteiger partial charge in [-0.1, -0.05) is 25.5 Å². The number of carbonyl (C=O) groups excluding carboxylic acids is 1. The number of nitrogens with one attached hydrogen (secondary N) is 2. The van der Waals surface area contributed by atoms with E-state index in [4.69, 9.17) is 0 Å². The fraction of sp³-hybridized carbons (Fsp3) is 0.588. The summed E-state index contributed by atoms with van der Waals surface area (Å²) in [6.45, 7) is 4.63. The third kappa shape index (κ3) is 5.14. The minimum Gasteiger partial charge on any atom is -0.325 e. The van der Waals surface area contributed by atoms with Gasteiger partial charge in [0.2, 0.25) is 5.91 Å². The van der Waals surface area contributed by atoms with Gasteiger partial charge in [0.05, 0.1) is 6.54 Å². The highest BCUT2D eigenvalue weighted by Gasteiger charge is 2.20. The highest BCUT2D eigenvalue weighted by Crippen LogP contribution is 2.12. The average Bonchev–Trinajstić information content (AvgIpc) is 2.49.